The molecule has 1 unspecified atom stereocenters. The summed E-state index contributed by atoms with van der Waals surface area (Å²) in [4.78, 5) is 19.0. The first-order valence-corrected chi connectivity index (χ1v) is 9.81. The lowest BCUT2D eigenvalue weighted by molar-refractivity contribution is -0.137. The van der Waals surface area contributed by atoms with Gasteiger partial charge in [0.05, 0.1) is 18.0 Å². The van der Waals surface area contributed by atoms with Gasteiger partial charge in [-0.05, 0) is 55.2 Å². The van der Waals surface area contributed by atoms with Crippen molar-refractivity contribution in [2.75, 3.05) is 0 Å². The van der Waals surface area contributed by atoms with E-state index in [1.54, 1.807) is 6.92 Å². The Morgan fingerprint density at radius 2 is 1.93 bits per heavy atom. The van der Waals surface area contributed by atoms with Gasteiger partial charge < -0.3 is 14.8 Å². The zero-order chi connectivity index (χ0) is 20.8. The van der Waals surface area contributed by atoms with Crippen LogP contribution in [-0.4, -0.2) is 21.0 Å². The largest absolute Gasteiger partial charge is 0.484 e. The van der Waals surface area contributed by atoms with E-state index in [1.165, 1.54) is 0 Å². The molecule has 2 heterocycles. The molecule has 0 amide bonds. The van der Waals surface area contributed by atoms with Gasteiger partial charge in [-0.15, -0.1) is 5.92 Å². The number of ether oxygens (including phenoxy) is 1. The van der Waals surface area contributed by atoms with Gasteiger partial charge in [-0.3, -0.25) is 4.79 Å². The fourth-order valence-corrected chi connectivity index (χ4v) is 3.33. The first-order valence-electron chi connectivity index (χ1n) is 9.81. The minimum atomic E-state index is -0.860. The predicted octanol–water partition coefficient (Wildman–Crippen LogP) is 5.31. The second-order valence-electron chi connectivity index (χ2n) is 7.50. The second-order valence-corrected chi connectivity index (χ2v) is 7.50. The SMILES string of the molecule is CC#CC(CC(=O)O)c1ccc(O[C@@H](CC(C)C)c2ccc3cc[nH]c3n2)cc1. The van der Waals surface area contributed by atoms with Crippen molar-refractivity contribution in [2.24, 2.45) is 5.92 Å². The lowest BCUT2D eigenvalue weighted by Gasteiger charge is -2.21. The lowest BCUT2D eigenvalue weighted by Crippen LogP contribution is -2.12. The third-order valence-electron chi connectivity index (χ3n) is 4.70. The Morgan fingerprint density at radius 1 is 1.17 bits per heavy atom. The van der Waals surface area contributed by atoms with Crippen LogP contribution in [0.3, 0.4) is 0 Å². The molecule has 1 aromatic carbocycles. The number of aliphatic carboxylic acids is 1. The molecule has 0 saturated carbocycles. The zero-order valence-electron chi connectivity index (χ0n) is 17.0. The summed E-state index contributed by atoms with van der Waals surface area (Å²) >= 11 is 0. The maximum absolute atomic E-state index is 11.1. The smallest absolute Gasteiger partial charge is 0.304 e. The van der Waals surface area contributed by atoms with Gasteiger partial charge in [-0.25, -0.2) is 4.98 Å². The van der Waals surface area contributed by atoms with Crippen molar-refractivity contribution >= 4 is 17.0 Å². The molecule has 2 N–H and O–H groups in total. The third kappa shape index (κ3) is 5.39. The first kappa shape index (κ1) is 20.5. The van der Waals surface area contributed by atoms with Crippen LogP contribution in [0.1, 0.15) is 56.9 Å². The average molecular weight is 390 g/mol. The quantitative estimate of drug-likeness (QED) is 0.511. The van der Waals surface area contributed by atoms with Crippen molar-refractivity contribution < 1.29 is 14.6 Å². The molecule has 2 aromatic heterocycles. The number of aromatic amines is 1. The van der Waals surface area contributed by atoms with E-state index in [-0.39, 0.29) is 18.4 Å². The number of hydrogen-bond donors (Lipinski definition) is 2. The molecular weight excluding hydrogens is 364 g/mol. The number of carboxylic acids is 1. The Kier molecular flexibility index (Phi) is 6.56. The van der Waals surface area contributed by atoms with Gasteiger partial charge >= 0.3 is 5.97 Å². The van der Waals surface area contributed by atoms with Gasteiger partial charge in [-0.1, -0.05) is 31.9 Å². The van der Waals surface area contributed by atoms with Crippen LogP contribution in [0.2, 0.25) is 0 Å². The molecule has 0 aliphatic rings. The number of pyridine rings is 1. The van der Waals surface area contributed by atoms with Crippen molar-refractivity contribution in [3.63, 3.8) is 0 Å². The summed E-state index contributed by atoms with van der Waals surface area (Å²) in [5, 5.41) is 10.2. The fourth-order valence-electron chi connectivity index (χ4n) is 3.33. The van der Waals surface area contributed by atoms with E-state index in [9.17, 15) is 4.79 Å². The Hall–Kier alpha value is -3.26. The van der Waals surface area contributed by atoms with E-state index in [1.807, 2.05) is 48.7 Å². The molecule has 2 atom stereocenters. The number of nitrogens with one attached hydrogen (secondary N) is 1. The topological polar surface area (TPSA) is 75.2 Å². The van der Waals surface area contributed by atoms with E-state index in [0.29, 0.717) is 5.92 Å². The molecule has 0 spiro atoms. The molecule has 0 aliphatic carbocycles. The standard InChI is InChI=1S/C24H26N2O3/c1-4-5-19(15-23(27)28)17-6-9-20(10-7-17)29-22(14-16(2)3)21-11-8-18-12-13-25-24(18)26-21/h6-13,16,19,22H,14-15H2,1-3H3,(H,25,26)(H,27,28)/t19?,22-/m0/s1. The number of benzene rings is 1. The van der Waals surface area contributed by atoms with Crippen molar-refractivity contribution in [1.29, 1.82) is 0 Å². The third-order valence-corrected chi connectivity index (χ3v) is 4.70. The van der Waals surface area contributed by atoms with Gasteiger partial charge in [-0.2, -0.15) is 0 Å². The maximum atomic E-state index is 11.1. The zero-order valence-corrected chi connectivity index (χ0v) is 17.0. The van der Waals surface area contributed by atoms with Crippen LogP contribution in [0, 0.1) is 17.8 Å². The molecule has 0 aliphatic heterocycles. The molecule has 5 nitrogen and oxygen atoms in total. The van der Waals surface area contributed by atoms with Gasteiger partial charge in [0.15, 0.2) is 0 Å². The fraction of sp³-hybridized carbons (Fsp3) is 0.333. The number of carboxylic acid groups (broad SMARTS) is 1. The van der Waals surface area contributed by atoms with Crippen LogP contribution in [0.15, 0.2) is 48.7 Å². The molecule has 29 heavy (non-hydrogen) atoms. The average Bonchev–Trinajstić information content (AvgIpc) is 3.15. The van der Waals surface area contributed by atoms with Crippen LogP contribution in [0.5, 0.6) is 5.75 Å². The number of rotatable bonds is 8. The molecule has 0 fully saturated rings. The summed E-state index contributed by atoms with van der Waals surface area (Å²) < 4.78 is 6.28. The van der Waals surface area contributed by atoms with E-state index < -0.39 is 5.97 Å². The summed E-state index contributed by atoms with van der Waals surface area (Å²) in [6.07, 6.45) is 2.53. The van der Waals surface area contributed by atoms with Gasteiger partial charge in [0.2, 0.25) is 0 Å². The van der Waals surface area contributed by atoms with E-state index in [2.05, 4.69) is 30.7 Å². The van der Waals surface area contributed by atoms with Crippen molar-refractivity contribution in [2.45, 2.75) is 45.6 Å². The summed E-state index contributed by atoms with van der Waals surface area (Å²) in [7, 11) is 0. The monoisotopic (exact) mass is 390 g/mol. The minimum absolute atomic E-state index is 0.0168. The Labute approximate surface area is 171 Å². The van der Waals surface area contributed by atoms with Crippen molar-refractivity contribution in [3.05, 3.63) is 59.9 Å². The summed E-state index contributed by atoms with van der Waals surface area (Å²) in [5.41, 5.74) is 2.61. The van der Waals surface area contributed by atoms with Crippen LogP contribution >= 0.6 is 0 Å². The van der Waals surface area contributed by atoms with E-state index in [4.69, 9.17) is 14.8 Å². The Morgan fingerprint density at radius 3 is 2.59 bits per heavy atom. The summed E-state index contributed by atoms with van der Waals surface area (Å²) in [6, 6.07) is 13.6. The highest BCUT2D eigenvalue weighted by molar-refractivity contribution is 5.75. The second kappa shape index (κ2) is 9.29. The number of carbonyl (C=O) groups is 1. The highest BCUT2D eigenvalue weighted by Crippen LogP contribution is 2.29. The number of nitrogens with zero attached hydrogens (tertiary/aromatic N) is 1. The highest BCUT2D eigenvalue weighted by atomic mass is 16.5. The maximum Gasteiger partial charge on any atom is 0.304 e. The highest BCUT2D eigenvalue weighted by Gasteiger charge is 2.19. The number of aromatic nitrogens is 2. The molecule has 3 aromatic rings. The number of hydrogen-bond acceptors (Lipinski definition) is 3. The van der Waals surface area contributed by atoms with Gasteiger partial charge in [0.1, 0.15) is 17.5 Å². The van der Waals surface area contributed by atoms with E-state index >= 15 is 0 Å². The van der Waals surface area contributed by atoms with Crippen LogP contribution in [0.25, 0.3) is 11.0 Å². The summed E-state index contributed by atoms with van der Waals surface area (Å²) in [5.74, 6) is 5.78. The molecule has 0 bridgehead atoms. The van der Waals surface area contributed by atoms with Crippen molar-refractivity contribution in [1.82, 2.24) is 9.97 Å². The molecule has 5 heteroatoms. The molecule has 0 radical (unpaired) electrons. The molecular formula is C24H26N2O3. The predicted molar refractivity (Wildman–Crippen MR) is 114 cm³/mol. The van der Waals surface area contributed by atoms with Gasteiger partial charge in [0, 0.05) is 11.6 Å². The van der Waals surface area contributed by atoms with Crippen LogP contribution in [0.4, 0.5) is 0 Å². The van der Waals surface area contributed by atoms with Crippen LogP contribution < -0.4 is 4.74 Å². The summed E-state index contributed by atoms with van der Waals surface area (Å²) in [6.45, 7) is 6.04. The Balaban J connectivity index is 1.81. The molecule has 0 saturated heterocycles. The number of fused-ring (bicyclic) bond motifs is 1. The molecule has 3 rings (SSSR count). The van der Waals surface area contributed by atoms with Crippen LogP contribution in [-0.2, 0) is 4.79 Å². The molecule has 150 valence electrons. The van der Waals surface area contributed by atoms with Gasteiger partial charge in [0.25, 0.3) is 0 Å². The first-order chi connectivity index (χ1) is 14.0. The lowest BCUT2D eigenvalue weighted by atomic mass is 9.96. The normalized spacial score (nSPS) is 13.0. The van der Waals surface area contributed by atoms with E-state index in [0.717, 1.165) is 34.5 Å². The minimum Gasteiger partial charge on any atom is -0.484 e. The number of H-pyrrole nitrogens is 1. The Bertz CT molecular complexity index is 1030. The van der Waals surface area contributed by atoms with Crippen molar-refractivity contribution in [3.8, 4) is 17.6 Å².